The maximum atomic E-state index is 11.5. The van der Waals surface area contributed by atoms with Gasteiger partial charge in [-0.05, 0) is 140 Å². The van der Waals surface area contributed by atoms with E-state index < -0.39 is 22.1 Å². The van der Waals surface area contributed by atoms with Gasteiger partial charge in [0.05, 0.1) is 11.7 Å². The van der Waals surface area contributed by atoms with E-state index in [2.05, 4.69) is 53.7 Å². The van der Waals surface area contributed by atoms with Crippen LogP contribution in [0.15, 0.2) is 52.6 Å². The van der Waals surface area contributed by atoms with Gasteiger partial charge in [0, 0.05) is 0 Å². The van der Waals surface area contributed by atoms with Gasteiger partial charge in [-0.1, -0.05) is 72.9 Å². The fraction of sp³-hybridized carbons (Fsp3) is 0.676. The van der Waals surface area contributed by atoms with E-state index in [1.165, 1.54) is 22.3 Å². The van der Waals surface area contributed by atoms with Crippen LogP contribution in [-0.4, -0.2) is 34.9 Å². The van der Waals surface area contributed by atoms with Gasteiger partial charge in [0.25, 0.3) is 10.4 Å². The minimum Gasteiger partial charge on any atom is -0.716 e. The highest BCUT2D eigenvalue weighted by Gasteiger charge is 2.46. The Labute approximate surface area is 267 Å². The predicted octanol–water partition coefficient (Wildman–Crippen LogP) is 8.66. The Kier molecular flexibility index (Phi) is 12.2. The van der Waals surface area contributed by atoms with Crippen LogP contribution in [0.25, 0.3) is 0 Å². The first-order chi connectivity index (χ1) is 20.4. The third kappa shape index (κ3) is 9.54. The monoisotopic (exact) mass is 629 g/mol. The van der Waals surface area contributed by atoms with Gasteiger partial charge in [-0.2, -0.15) is 0 Å². The molecule has 0 radical (unpaired) electrons. The molecule has 0 heterocycles. The summed E-state index contributed by atoms with van der Waals surface area (Å²) >= 11 is 0. The summed E-state index contributed by atoms with van der Waals surface area (Å²) in [5.74, 6) is 0.485. The molecule has 0 aliphatic heterocycles. The van der Waals surface area contributed by atoms with E-state index in [1.54, 1.807) is 19.1 Å². The van der Waals surface area contributed by atoms with Gasteiger partial charge in [-0.15, -0.1) is 0 Å². The molecule has 1 aromatic carbocycles. The lowest BCUT2D eigenvalue weighted by atomic mass is 9.54. The van der Waals surface area contributed by atoms with Gasteiger partial charge in [0.2, 0.25) is 0 Å². The molecule has 0 aromatic heterocycles. The van der Waals surface area contributed by atoms with Crippen molar-refractivity contribution in [2.75, 3.05) is 0 Å². The summed E-state index contributed by atoms with van der Waals surface area (Å²) in [5.41, 5.74) is 5.84. The highest BCUT2D eigenvalue weighted by molar-refractivity contribution is 7.81. The lowest BCUT2D eigenvalue weighted by Gasteiger charge is -2.51. The van der Waals surface area contributed by atoms with Crippen molar-refractivity contribution in [3.8, 4) is 5.75 Å². The van der Waals surface area contributed by atoms with Crippen LogP contribution in [-0.2, 0) is 16.8 Å². The smallest absolute Gasteiger partial charge is 0.262 e. The van der Waals surface area contributed by atoms with Crippen molar-refractivity contribution in [1.29, 1.82) is 0 Å². The van der Waals surface area contributed by atoms with E-state index in [0.29, 0.717) is 25.2 Å². The van der Waals surface area contributed by atoms with Crippen molar-refractivity contribution < 1.29 is 27.4 Å². The zero-order valence-corrected chi connectivity index (χ0v) is 29.3. The quantitative estimate of drug-likeness (QED) is 0.121. The van der Waals surface area contributed by atoms with Crippen molar-refractivity contribution in [3.05, 3.63) is 63.8 Å². The Bertz CT molecular complexity index is 1350. The number of aliphatic hydroxyl groups excluding tert-OH is 1. The molecular formula is C37H57O6S-. The molecule has 0 saturated carbocycles. The van der Waals surface area contributed by atoms with Crippen molar-refractivity contribution in [3.63, 3.8) is 0 Å². The fourth-order valence-electron chi connectivity index (χ4n) is 7.61. The molecule has 6 nitrogen and oxygen atoms in total. The highest BCUT2D eigenvalue weighted by Crippen LogP contribution is 2.58. The Hall–Kier alpha value is -1.93. The molecule has 3 rings (SSSR count). The van der Waals surface area contributed by atoms with Crippen LogP contribution >= 0.6 is 0 Å². The molecule has 248 valence electrons. The third-order valence-corrected chi connectivity index (χ3v) is 11.1. The summed E-state index contributed by atoms with van der Waals surface area (Å²) in [6, 6.07) is 5.29. The molecule has 7 heteroatoms. The minimum atomic E-state index is -4.88. The second-order valence-electron chi connectivity index (χ2n) is 14.8. The summed E-state index contributed by atoms with van der Waals surface area (Å²) in [6.07, 6.45) is 14.0. The fourth-order valence-corrected chi connectivity index (χ4v) is 7.99. The lowest BCUT2D eigenvalue weighted by molar-refractivity contribution is -0.0733. The van der Waals surface area contributed by atoms with Crippen LogP contribution in [0.1, 0.15) is 130 Å². The van der Waals surface area contributed by atoms with E-state index >= 15 is 0 Å². The molecule has 1 aromatic rings. The van der Waals surface area contributed by atoms with Crippen molar-refractivity contribution in [1.82, 2.24) is 0 Å². The number of aryl methyl sites for hydroxylation is 1. The normalized spacial score (nSPS) is 26.5. The number of hydrogen-bond acceptors (Lipinski definition) is 6. The summed E-state index contributed by atoms with van der Waals surface area (Å²) in [7, 11) is -4.88. The Morgan fingerprint density at radius 2 is 1.86 bits per heavy atom. The van der Waals surface area contributed by atoms with Gasteiger partial charge in [-0.3, -0.25) is 0 Å². The first kappa shape index (κ1) is 36.5. The summed E-state index contributed by atoms with van der Waals surface area (Å²) < 4.78 is 39.4. The number of allylic oxidation sites excluding steroid dienone is 6. The lowest BCUT2D eigenvalue weighted by Crippen LogP contribution is -2.42. The number of rotatable bonds is 14. The summed E-state index contributed by atoms with van der Waals surface area (Å²) in [6.45, 7) is 17.0. The Morgan fingerprint density at radius 1 is 1.16 bits per heavy atom. The highest BCUT2D eigenvalue weighted by atomic mass is 32.3. The third-order valence-electron chi connectivity index (χ3n) is 10.7. The van der Waals surface area contributed by atoms with Gasteiger partial charge in [0.1, 0.15) is 5.75 Å². The molecule has 5 unspecified atom stereocenters. The van der Waals surface area contributed by atoms with Crippen LogP contribution in [0.4, 0.5) is 0 Å². The van der Waals surface area contributed by atoms with Crippen molar-refractivity contribution in [2.45, 2.75) is 144 Å². The molecule has 0 fully saturated rings. The first-order valence-corrected chi connectivity index (χ1v) is 17.9. The SMILES string of the molecule is CC(C)=CCC/C(C)=C/CCC(C)(O)C(O)CCC1(C)CCCC2=C1CCC(C)C2(C)Cc1cc(C)ccc1OS(=O)(=O)[O-]. The minimum absolute atomic E-state index is 0.0717. The molecule has 0 saturated heterocycles. The van der Waals surface area contributed by atoms with E-state index in [1.807, 2.05) is 13.0 Å². The average Bonchev–Trinajstić information content (AvgIpc) is 2.90. The maximum absolute atomic E-state index is 11.5. The largest absolute Gasteiger partial charge is 0.716 e. The Balaban J connectivity index is 1.77. The van der Waals surface area contributed by atoms with E-state index in [0.717, 1.165) is 68.9 Å². The van der Waals surface area contributed by atoms with Crippen LogP contribution in [0, 0.1) is 23.7 Å². The second-order valence-corrected chi connectivity index (χ2v) is 15.8. The number of benzene rings is 1. The van der Waals surface area contributed by atoms with Crippen LogP contribution in [0.3, 0.4) is 0 Å². The topological polar surface area (TPSA) is 107 Å². The van der Waals surface area contributed by atoms with E-state index in [4.69, 9.17) is 4.18 Å². The maximum Gasteiger partial charge on any atom is 0.262 e. The molecule has 0 bridgehead atoms. The predicted molar refractivity (Wildman–Crippen MR) is 178 cm³/mol. The first-order valence-electron chi connectivity index (χ1n) is 16.5. The number of aliphatic hydroxyl groups is 2. The van der Waals surface area contributed by atoms with Gasteiger partial charge in [-0.25, -0.2) is 8.42 Å². The molecular weight excluding hydrogens is 572 g/mol. The van der Waals surface area contributed by atoms with Crippen LogP contribution in [0.5, 0.6) is 5.75 Å². The van der Waals surface area contributed by atoms with E-state index in [9.17, 15) is 23.2 Å². The molecule has 5 atom stereocenters. The van der Waals surface area contributed by atoms with Crippen molar-refractivity contribution >= 4 is 10.4 Å². The Morgan fingerprint density at radius 3 is 2.52 bits per heavy atom. The van der Waals surface area contributed by atoms with Gasteiger partial charge < -0.3 is 18.9 Å². The van der Waals surface area contributed by atoms with Gasteiger partial charge >= 0.3 is 0 Å². The molecule has 0 spiro atoms. The zero-order chi connectivity index (χ0) is 32.9. The van der Waals surface area contributed by atoms with Crippen LogP contribution < -0.4 is 4.18 Å². The average molecular weight is 630 g/mol. The second kappa shape index (κ2) is 14.7. The molecule has 44 heavy (non-hydrogen) atoms. The molecule has 2 aliphatic rings. The standard InChI is InChI=1S/C37H58O6S/c1-26(2)12-9-13-27(3)14-10-22-37(8,39)34(38)20-23-35(6)21-11-15-32-31(35)18-17-29(5)36(32,7)25-30-24-28(4)16-19-33(30)43-44(40,41)42/h12,14,16,19,24,29,34,38-39H,9-11,13,15,17-18,20-23,25H2,1-8H3,(H,40,41,42)/p-1/b27-14+. The molecule has 2 aliphatic carbocycles. The number of hydrogen-bond donors (Lipinski definition) is 2. The van der Waals surface area contributed by atoms with Crippen LogP contribution in [0.2, 0.25) is 0 Å². The van der Waals surface area contributed by atoms with E-state index in [-0.39, 0.29) is 16.6 Å². The zero-order valence-electron chi connectivity index (χ0n) is 28.5. The summed E-state index contributed by atoms with van der Waals surface area (Å²) in [5, 5.41) is 22.4. The van der Waals surface area contributed by atoms with Gasteiger partial charge in [0.15, 0.2) is 0 Å². The molecule has 2 N–H and O–H groups in total. The summed E-state index contributed by atoms with van der Waals surface area (Å²) in [4.78, 5) is 0. The van der Waals surface area contributed by atoms with Crippen molar-refractivity contribution in [2.24, 2.45) is 16.7 Å². The molecule has 0 amide bonds.